The number of primary amides is 1. The predicted octanol–water partition coefficient (Wildman–Crippen LogP) is 0.228. The van der Waals surface area contributed by atoms with E-state index in [0.29, 0.717) is 13.2 Å². The average molecular weight is 290 g/mol. The largest absolute Gasteiger partial charge is 0.463 e. The number of carbonyl (C=O) groups excluding carboxylic acids is 1. The summed E-state index contributed by atoms with van der Waals surface area (Å²) in [6.07, 6.45) is 0.840. The van der Waals surface area contributed by atoms with Gasteiger partial charge in [0, 0.05) is 6.54 Å². The third kappa shape index (κ3) is 6.73. The van der Waals surface area contributed by atoms with Crippen LogP contribution in [-0.4, -0.2) is 47.2 Å². The molecule has 0 fully saturated rings. The molecule has 1 heterocycles. The summed E-state index contributed by atoms with van der Waals surface area (Å²) < 4.78 is 10.2. The first-order valence-corrected chi connectivity index (χ1v) is 6.14. The Morgan fingerprint density at radius 1 is 1.37 bits per heavy atom. The lowest BCUT2D eigenvalue weighted by atomic mass is 10.5. The summed E-state index contributed by atoms with van der Waals surface area (Å²) in [4.78, 5) is 22.2. The molecule has 1 amide bonds. The highest BCUT2D eigenvalue weighted by Crippen LogP contribution is 2.11. The highest BCUT2D eigenvalue weighted by Gasteiger charge is 2.05. The van der Waals surface area contributed by atoms with E-state index in [-0.39, 0.29) is 30.5 Å². The van der Waals surface area contributed by atoms with Gasteiger partial charge in [-0.25, -0.2) is 0 Å². The van der Waals surface area contributed by atoms with Gasteiger partial charge in [-0.15, -0.1) is 0 Å². The van der Waals surface area contributed by atoms with Crippen LogP contribution >= 0.6 is 11.6 Å². The predicted molar refractivity (Wildman–Crippen MR) is 69.1 cm³/mol. The molecule has 0 unspecified atom stereocenters. The van der Waals surface area contributed by atoms with Crippen LogP contribution in [0.5, 0.6) is 6.01 Å². The number of ether oxygens (including phenoxy) is 2. The Morgan fingerprint density at radius 3 is 2.84 bits per heavy atom. The van der Waals surface area contributed by atoms with Crippen LogP contribution in [0.2, 0.25) is 5.28 Å². The molecule has 1 aromatic heterocycles. The summed E-state index contributed by atoms with van der Waals surface area (Å²) in [6, 6.07) is 0.169. The first-order chi connectivity index (χ1) is 9.11. The Labute approximate surface area is 115 Å². The molecule has 1 aromatic rings. The normalized spacial score (nSPS) is 10.2. The zero-order valence-corrected chi connectivity index (χ0v) is 11.3. The van der Waals surface area contributed by atoms with E-state index in [4.69, 9.17) is 26.8 Å². The number of carbonyl (C=O) groups is 1. The van der Waals surface area contributed by atoms with Crippen molar-refractivity contribution >= 4 is 23.5 Å². The van der Waals surface area contributed by atoms with E-state index in [0.717, 1.165) is 6.42 Å². The second-order valence-electron chi connectivity index (χ2n) is 3.50. The second-order valence-corrected chi connectivity index (χ2v) is 3.84. The molecular weight excluding hydrogens is 274 g/mol. The standard InChI is InChI=1S/C10H16ClN5O3/c1-2-4-19-10-15-8(11)14-9(16-10)13-3-5-18-6-7(12)17/h2-6H2,1H3,(H2,12,17)(H,13,14,15,16). The van der Waals surface area contributed by atoms with Crippen molar-refractivity contribution in [1.82, 2.24) is 15.0 Å². The summed E-state index contributed by atoms with van der Waals surface area (Å²) in [5.41, 5.74) is 4.92. The van der Waals surface area contributed by atoms with Crippen molar-refractivity contribution < 1.29 is 14.3 Å². The fourth-order valence-electron chi connectivity index (χ4n) is 1.08. The van der Waals surface area contributed by atoms with Gasteiger partial charge in [0.15, 0.2) is 0 Å². The van der Waals surface area contributed by atoms with E-state index < -0.39 is 5.91 Å². The Hall–Kier alpha value is -1.67. The van der Waals surface area contributed by atoms with Gasteiger partial charge in [-0.2, -0.15) is 15.0 Å². The molecule has 0 spiro atoms. The number of nitrogens with zero attached hydrogens (tertiary/aromatic N) is 3. The lowest BCUT2D eigenvalue weighted by Gasteiger charge is -2.07. The van der Waals surface area contributed by atoms with E-state index in [1.165, 1.54) is 0 Å². The molecule has 106 valence electrons. The fraction of sp³-hybridized carbons (Fsp3) is 0.600. The molecule has 0 radical (unpaired) electrons. The third-order valence-corrected chi connectivity index (χ3v) is 1.97. The summed E-state index contributed by atoms with van der Waals surface area (Å²) in [5, 5.41) is 2.92. The third-order valence-electron chi connectivity index (χ3n) is 1.80. The van der Waals surface area contributed by atoms with Crippen molar-refractivity contribution in [2.75, 3.05) is 31.7 Å². The van der Waals surface area contributed by atoms with Gasteiger partial charge in [0.25, 0.3) is 0 Å². The van der Waals surface area contributed by atoms with Gasteiger partial charge in [0.1, 0.15) is 6.61 Å². The Bertz CT molecular complexity index is 418. The Kier molecular flexibility index (Phi) is 6.83. The van der Waals surface area contributed by atoms with E-state index in [2.05, 4.69) is 20.3 Å². The second kappa shape index (κ2) is 8.44. The molecule has 19 heavy (non-hydrogen) atoms. The minimum atomic E-state index is -0.515. The molecule has 1 rings (SSSR count). The number of hydrogen-bond donors (Lipinski definition) is 2. The summed E-state index contributed by atoms with van der Waals surface area (Å²) in [5.74, 6) is -0.229. The van der Waals surface area contributed by atoms with Gasteiger partial charge in [-0.1, -0.05) is 6.92 Å². The number of hydrogen-bond acceptors (Lipinski definition) is 7. The van der Waals surface area contributed by atoms with Crippen LogP contribution in [-0.2, 0) is 9.53 Å². The van der Waals surface area contributed by atoms with Crippen LogP contribution in [0.25, 0.3) is 0 Å². The average Bonchev–Trinajstić information content (AvgIpc) is 2.35. The van der Waals surface area contributed by atoms with Crippen LogP contribution in [0.3, 0.4) is 0 Å². The van der Waals surface area contributed by atoms with Crippen molar-refractivity contribution in [1.29, 1.82) is 0 Å². The van der Waals surface area contributed by atoms with Gasteiger partial charge in [-0.3, -0.25) is 4.79 Å². The topological polar surface area (TPSA) is 112 Å². The highest BCUT2D eigenvalue weighted by atomic mass is 35.5. The molecule has 0 bridgehead atoms. The van der Waals surface area contributed by atoms with E-state index in [1.807, 2.05) is 6.92 Å². The van der Waals surface area contributed by atoms with Crippen molar-refractivity contribution in [2.24, 2.45) is 5.73 Å². The first kappa shape index (κ1) is 15.4. The first-order valence-electron chi connectivity index (χ1n) is 5.76. The van der Waals surface area contributed by atoms with Gasteiger partial charge in [0.2, 0.25) is 17.1 Å². The van der Waals surface area contributed by atoms with Crippen LogP contribution in [0, 0.1) is 0 Å². The molecule has 3 N–H and O–H groups in total. The molecular formula is C10H16ClN5O3. The van der Waals surface area contributed by atoms with Crippen LogP contribution in [0.1, 0.15) is 13.3 Å². The lowest BCUT2D eigenvalue weighted by Crippen LogP contribution is -2.21. The number of halogens is 1. The smallest absolute Gasteiger partial charge is 0.322 e. The van der Waals surface area contributed by atoms with Gasteiger partial charge in [-0.05, 0) is 18.0 Å². The van der Waals surface area contributed by atoms with Gasteiger partial charge in [0.05, 0.1) is 13.2 Å². The number of anilines is 1. The minimum Gasteiger partial charge on any atom is -0.463 e. The maximum Gasteiger partial charge on any atom is 0.322 e. The van der Waals surface area contributed by atoms with Crippen LogP contribution < -0.4 is 15.8 Å². The molecule has 0 aromatic carbocycles. The molecule has 0 aliphatic carbocycles. The van der Waals surface area contributed by atoms with Crippen molar-refractivity contribution in [3.63, 3.8) is 0 Å². The van der Waals surface area contributed by atoms with E-state index in [9.17, 15) is 4.79 Å². The van der Waals surface area contributed by atoms with Crippen LogP contribution in [0.15, 0.2) is 0 Å². The zero-order chi connectivity index (χ0) is 14.1. The Morgan fingerprint density at radius 2 is 2.16 bits per heavy atom. The molecule has 0 saturated carbocycles. The number of nitrogens with one attached hydrogen (secondary N) is 1. The van der Waals surface area contributed by atoms with Crippen molar-refractivity contribution in [3.05, 3.63) is 5.28 Å². The van der Waals surface area contributed by atoms with Crippen molar-refractivity contribution in [2.45, 2.75) is 13.3 Å². The zero-order valence-electron chi connectivity index (χ0n) is 10.6. The molecule has 0 aliphatic rings. The maximum absolute atomic E-state index is 10.4. The molecule has 9 heteroatoms. The quantitative estimate of drug-likeness (QED) is 0.626. The monoisotopic (exact) mass is 289 g/mol. The minimum absolute atomic E-state index is 0.0432. The molecule has 0 aliphatic heterocycles. The molecule has 0 atom stereocenters. The van der Waals surface area contributed by atoms with Crippen LogP contribution in [0.4, 0.5) is 5.95 Å². The fourth-order valence-corrected chi connectivity index (χ4v) is 1.23. The summed E-state index contributed by atoms with van der Waals surface area (Å²) in [7, 11) is 0. The molecule has 0 saturated heterocycles. The number of amides is 1. The Balaban J connectivity index is 2.40. The van der Waals surface area contributed by atoms with Crippen molar-refractivity contribution in [3.8, 4) is 6.01 Å². The SMILES string of the molecule is CCCOc1nc(Cl)nc(NCCOCC(N)=O)n1. The lowest BCUT2D eigenvalue weighted by molar-refractivity contribution is -0.122. The maximum atomic E-state index is 10.4. The highest BCUT2D eigenvalue weighted by molar-refractivity contribution is 6.28. The van der Waals surface area contributed by atoms with E-state index >= 15 is 0 Å². The molecule has 8 nitrogen and oxygen atoms in total. The van der Waals surface area contributed by atoms with Gasteiger partial charge >= 0.3 is 6.01 Å². The van der Waals surface area contributed by atoms with Gasteiger partial charge < -0.3 is 20.5 Å². The summed E-state index contributed by atoms with van der Waals surface area (Å²) >= 11 is 5.74. The summed E-state index contributed by atoms with van der Waals surface area (Å²) in [6.45, 7) is 3.04. The number of rotatable bonds is 9. The number of nitrogens with two attached hydrogens (primary N) is 1. The number of aromatic nitrogens is 3. The van der Waals surface area contributed by atoms with E-state index in [1.54, 1.807) is 0 Å².